The highest BCUT2D eigenvalue weighted by molar-refractivity contribution is 5.01. The Balaban J connectivity index is 2.62. The van der Waals surface area contributed by atoms with Gasteiger partial charge in [-0.15, -0.1) is 0 Å². The van der Waals surface area contributed by atoms with Crippen LogP contribution in [0.4, 0.5) is 0 Å². The molecule has 1 heterocycles. The average Bonchev–Trinajstić information content (AvgIpc) is 2.87. The second kappa shape index (κ2) is 9.24. The molecule has 0 bridgehead atoms. The summed E-state index contributed by atoms with van der Waals surface area (Å²) in [4.78, 5) is 0. The Kier molecular flexibility index (Phi) is 8.02. The molecule has 21 heavy (non-hydrogen) atoms. The fraction of sp³-hybridized carbons (Fsp3) is 0.833. The van der Waals surface area contributed by atoms with Gasteiger partial charge in [-0.1, -0.05) is 40.5 Å². The van der Waals surface area contributed by atoms with Gasteiger partial charge in [0.05, 0.1) is 0 Å². The van der Waals surface area contributed by atoms with Crippen molar-refractivity contribution in [1.82, 2.24) is 15.1 Å². The number of nitrogens with one attached hydrogen (secondary N) is 1. The average molecular weight is 293 g/mol. The van der Waals surface area contributed by atoms with Crippen molar-refractivity contribution in [3.63, 3.8) is 0 Å². The summed E-state index contributed by atoms with van der Waals surface area (Å²) in [6.07, 6.45) is 9.52. The summed E-state index contributed by atoms with van der Waals surface area (Å²) in [5.41, 5.74) is 1.79. The van der Waals surface area contributed by atoms with Gasteiger partial charge < -0.3 is 5.32 Å². The van der Waals surface area contributed by atoms with Crippen LogP contribution in [-0.4, -0.2) is 22.9 Å². The molecule has 3 heteroatoms. The number of unbranched alkanes of at least 4 members (excludes halogenated alkanes) is 1. The molecule has 0 radical (unpaired) electrons. The molecule has 0 spiro atoms. The Bertz CT molecular complexity index is 384. The summed E-state index contributed by atoms with van der Waals surface area (Å²) in [6, 6.07) is 2.15. The molecule has 3 nitrogen and oxygen atoms in total. The third kappa shape index (κ3) is 6.21. The lowest BCUT2D eigenvalue weighted by molar-refractivity contribution is 0.208. The van der Waals surface area contributed by atoms with Gasteiger partial charge in [-0.3, -0.25) is 4.68 Å². The highest BCUT2D eigenvalue weighted by atomic mass is 15.2. The van der Waals surface area contributed by atoms with E-state index < -0.39 is 0 Å². The monoisotopic (exact) mass is 293 g/mol. The second-order valence-electron chi connectivity index (χ2n) is 6.93. The van der Waals surface area contributed by atoms with Crippen molar-refractivity contribution in [3.05, 3.63) is 18.0 Å². The topological polar surface area (TPSA) is 29.9 Å². The van der Waals surface area contributed by atoms with Crippen LogP contribution in [0.15, 0.2) is 12.3 Å². The van der Waals surface area contributed by atoms with Gasteiger partial charge in [-0.2, -0.15) is 5.10 Å². The Morgan fingerprint density at radius 3 is 2.57 bits per heavy atom. The number of hydrogen-bond donors (Lipinski definition) is 1. The van der Waals surface area contributed by atoms with Crippen LogP contribution < -0.4 is 5.32 Å². The van der Waals surface area contributed by atoms with Gasteiger partial charge in [-0.25, -0.2) is 0 Å². The molecule has 0 aliphatic rings. The Morgan fingerprint density at radius 1 is 1.29 bits per heavy atom. The summed E-state index contributed by atoms with van der Waals surface area (Å²) < 4.78 is 2.02. The van der Waals surface area contributed by atoms with Gasteiger partial charge in [0.15, 0.2) is 0 Å². The molecule has 1 aromatic rings. The predicted molar refractivity (Wildman–Crippen MR) is 91.5 cm³/mol. The minimum atomic E-state index is 0.440. The largest absolute Gasteiger partial charge is 0.316 e. The van der Waals surface area contributed by atoms with Crippen LogP contribution in [-0.2, 0) is 13.5 Å². The first kappa shape index (κ1) is 18.2. The molecule has 0 saturated heterocycles. The standard InChI is InChI=1S/C18H35N3/c1-6-8-11-18(7-2,15-19-14-16(3)4)12-9-17-10-13-20-21(17)5/h10,13,16,19H,6-9,11-12,14-15H2,1-5H3. The van der Waals surface area contributed by atoms with Crippen LogP contribution in [0.25, 0.3) is 0 Å². The van der Waals surface area contributed by atoms with Gasteiger partial charge in [-0.05, 0) is 49.6 Å². The minimum absolute atomic E-state index is 0.440. The summed E-state index contributed by atoms with van der Waals surface area (Å²) in [5, 5.41) is 8.00. The number of rotatable bonds is 11. The van der Waals surface area contributed by atoms with E-state index in [1.165, 1.54) is 37.8 Å². The number of nitrogens with zero attached hydrogens (tertiary/aromatic N) is 2. The fourth-order valence-electron chi connectivity index (χ4n) is 3.00. The van der Waals surface area contributed by atoms with E-state index >= 15 is 0 Å². The second-order valence-corrected chi connectivity index (χ2v) is 6.93. The number of aryl methyl sites for hydroxylation is 2. The van der Waals surface area contributed by atoms with E-state index in [9.17, 15) is 0 Å². The number of hydrogen-bond acceptors (Lipinski definition) is 2. The molecule has 1 atom stereocenters. The molecule has 0 saturated carbocycles. The Labute approximate surface area is 131 Å². The normalized spacial score (nSPS) is 14.6. The van der Waals surface area contributed by atoms with Gasteiger partial charge in [0, 0.05) is 25.5 Å². The van der Waals surface area contributed by atoms with Crippen LogP contribution in [0.3, 0.4) is 0 Å². The molecule has 0 aromatic carbocycles. The molecule has 1 rings (SSSR count). The van der Waals surface area contributed by atoms with Gasteiger partial charge in [0.1, 0.15) is 0 Å². The first-order valence-corrected chi connectivity index (χ1v) is 8.70. The lowest BCUT2D eigenvalue weighted by Crippen LogP contribution is -2.36. The third-order valence-corrected chi connectivity index (χ3v) is 4.70. The molecule has 1 N–H and O–H groups in total. The molecule has 0 aliphatic carbocycles. The lowest BCUT2D eigenvalue weighted by Gasteiger charge is -2.34. The fourth-order valence-corrected chi connectivity index (χ4v) is 3.00. The summed E-state index contributed by atoms with van der Waals surface area (Å²) in [5.74, 6) is 0.725. The predicted octanol–water partition coefficient (Wildman–Crippen LogP) is 4.18. The van der Waals surface area contributed by atoms with Gasteiger partial charge >= 0.3 is 0 Å². The molecule has 1 unspecified atom stereocenters. The molecule has 0 aliphatic heterocycles. The molecule has 0 amide bonds. The van der Waals surface area contributed by atoms with Gasteiger partial charge in [0.2, 0.25) is 0 Å². The smallest absolute Gasteiger partial charge is 0.0492 e. The number of aromatic nitrogens is 2. The van der Waals surface area contributed by atoms with E-state index in [0.717, 1.165) is 25.4 Å². The highest BCUT2D eigenvalue weighted by Gasteiger charge is 2.27. The highest BCUT2D eigenvalue weighted by Crippen LogP contribution is 2.33. The zero-order chi connectivity index (χ0) is 15.7. The lowest BCUT2D eigenvalue weighted by atomic mass is 9.76. The van der Waals surface area contributed by atoms with E-state index in [-0.39, 0.29) is 0 Å². The maximum absolute atomic E-state index is 4.29. The van der Waals surface area contributed by atoms with Crippen molar-refractivity contribution in [3.8, 4) is 0 Å². The van der Waals surface area contributed by atoms with Crippen molar-refractivity contribution in [2.45, 2.75) is 66.2 Å². The maximum Gasteiger partial charge on any atom is 0.0492 e. The maximum atomic E-state index is 4.29. The minimum Gasteiger partial charge on any atom is -0.316 e. The Morgan fingerprint density at radius 2 is 2.05 bits per heavy atom. The van der Waals surface area contributed by atoms with Crippen LogP contribution >= 0.6 is 0 Å². The van der Waals surface area contributed by atoms with E-state index in [1.54, 1.807) is 0 Å². The summed E-state index contributed by atoms with van der Waals surface area (Å²) in [6.45, 7) is 11.5. The van der Waals surface area contributed by atoms with E-state index in [4.69, 9.17) is 0 Å². The van der Waals surface area contributed by atoms with Crippen LogP contribution in [0.2, 0.25) is 0 Å². The summed E-state index contributed by atoms with van der Waals surface area (Å²) in [7, 11) is 2.05. The van der Waals surface area contributed by atoms with Crippen molar-refractivity contribution < 1.29 is 0 Å². The van der Waals surface area contributed by atoms with Crippen molar-refractivity contribution in [1.29, 1.82) is 0 Å². The first-order chi connectivity index (χ1) is 10.0. The van der Waals surface area contributed by atoms with Crippen molar-refractivity contribution in [2.24, 2.45) is 18.4 Å². The summed E-state index contributed by atoms with van der Waals surface area (Å²) >= 11 is 0. The molecular weight excluding hydrogens is 258 g/mol. The Hall–Kier alpha value is -0.830. The van der Waals surface area contributed by atoms with E-state index in [1.807, 2.05) is 17.9 Å². The quantitative estimate of drug-likeness (QED) is 0.663. The van der Waals surface area contributed by atoms with E-state index in [2.05, 4.69) is 44.2 Å². The van der Waals surface area contributed by atoms with Crippen molar-refractivity contribution in [2.75, 3.05) is 13.1 Å². The van der Waals surface area contributed by atoms with Crippen molar-refractivity contribution >= 4 is 0 Å². The molecule has 122 valence electrons. The van der Waals surface area contributed by atoms with Gasteiger partial charge in [0.25, 0.3) is 0 Å². The third-order valence-electron chi connectivity index (χ3n) is 4.70. The molecule has 1 aromatic heterocycles. The zero-order valence-corrected chi connectivity index (χ0v) is 14.8. The first-order valence-electron chi connectivity index (χ1n) is 8.70. The van der Waals surface area contributed by atoms with Crippen LogP contribution in [0.1, 0.15) is 65.5 Å². The molecule has 0 fully saturated rings. The SMILES string of the molecule is CCCCC(CC)(CCc1ccnn1C)CNCC(C)C. The van der Waals surface area contributed by atoms with Crippen LogP contribution in [0, 0.1) is 11.3 Å². The zero-order valence-electron chi connectivity index (χ0n) is 14.8. The molecular formula is C18H35N3. The van der Waals surface area contributed by atoms with Crippen LogP contribution in [0.5, 0.6) is 0 Å². The van der Waals surface area contributed by atoms with E-state index in [0.29, 0.717) is 5.41 Å².